The van der Waals surface area contributed by atoms with E-state index in [0.717, 1.165) is 16.9 Å². The van der Waals surface area contributed by atoms with Crippen molar-refractivity contribution >= 4 is 34.7 Å². The Bertz CT molecular complexity index is 1270. The molecule has 9 heteroatoms. The third-order valence-electron chi connectivity index (χ3n) is 5.11. The Kier molecular flexibility index (Phi) is 4.78. The lowest BCUT2D eigenvalue weighted by Gasteiger charge is -2.19. The molecule has 1 aliphatic rings. The van der Waals surface area contributed by atoms with E-state index in [1.807, 2.05) is 11.8 Å². The van der Waals surface area contributed by atoms with E-state index in [1.165, 1.54) is 18.2 Å². The topological polar surface area (TPSA) is 58.9 Å². The lowest BCUT2D eigenvalue weighted by atomic mass is 10.2. The van der Waals surface area contributed by atoms with Crippen molar-refractivity contribution in [1.29, 1.82) is 0 Å². The fourth-order valence-electron chi connectivity index (χ4n) is 3.62. The maximum atomic E-state index is 14.7. The van der Waals surface area contributed by atoms with Gasteiger partial charge < -0.3 is 14.8 Å². The van der Waals surface area contributed by atoms with Crippen LogP contribution in [0.1, 0.15) is 11.3 Å². The van der Waals surface area contributed by atoms with E-state index in [2.05, 4.69) is 20.3 Å². The van der Waals surface area contributed by atoms with Crippen LogP contribution in [-0.2, 0) is 6.42 Å². The number of nitrogens with zero attached hydrogens (tertiary/aromatic N) is 5. The summed E-state index contributed by atoms with van der Waals surface area (Å²) in [5, 5.41) is 3.36. The molecule has 2 aromatic heterocycles. The van der Waals surface area contributed by atoms with Crippen molar-refractivity contribution < 1.29 is 8.78 Å². The molecule has 1 aliphatic heterocycles. The first-order chi connectivity index (χ1) is 15.0. The molecule has 31 heavy (non-hydrogen) atoms. The second kappa shape index (κ2) is 7.63. The minimum Gasteiger partial charge on any atom is -0.326 e. The number of anilines is 4. The molecule has 1 N–H and O–H groups in total. The molecular weight excluding hydrogens is 422 g/mol. The van der Waals surface area contributed by atoms with Gasteiger partial charge in [0.15, 0.2) is 0 Å². The summed E-state index contributed by atoms with van der Waals surface area (Å²) in [6, 6.07) is 10.9. The summed E-state index contributed by atoms with van der Waals surface area (Å²) < 4.78 is 29.6. The molecule has 6 nitrogen and oxygen atoms in total. The van der Waals surface area contributed by atoms with Gasteiger partial charge in [0.1, 0.15) is 22.6 Å². The molecule has 2 aromatic carbocycles. The Morgan fingerprint density at radius 1 is 1.06 bits per heavy atom. The Hall–Kier alpha value is -3.52. The molecule has 0 amide bonds. The molecule has 3 heterocycles. The third kappa shape index (κ3) is 3.70. The van der Waals surface area contributed by atoms with Gasteiger partial charge in [0.25, 0.3) is 0 Å². The second-order valence-corrected chi connectivity index (χ2v) is 7.59. The Labute approximate surface area is 182 Å². The van der Waals surface area contributed by atoms with Crippen molar-refractivity contribution in [3.05, 3.63) is 83.0 Å². The van der Waals surface area contributed by atoms with Crippen molar-refractivity contribution in [3.8, 4) is 5.69 Å². The van der Waals surface area contributed by atoms with E-state index in [-0.39, 0.29) is 11.8 Å². The summed E-state index contributed by atoms with van der Waals surface area (Å²) in [6.07, 6.45) is 3.99. The van der Waals surface area contributed by atoms with Gasteiger partial charge in [0.2, 0.25) is 5.95 Å². The highest BCUT2D eigenvalue weighted by molar-refractivity contribution is 6.30. The monoisotopic (exact) mass is 438 g/mol. The molecule has 0 bridgehead atoms. The van der Waals surface area contributed by atoms with Gasteiger partial charge in [-0.3, -0.25) is 0 Å². The van der Waals surface area contributed by atoms with Crippen LogP contribution >= 0.6 is 11.6 Å². The number of aryl methyl sites for hydroxylation is 1. The molecule has 0 radical (unpaired) electrons. The standard InChI is InChI=1S/C22H17ClF2N6/c1-13-11-30(12-26-13)19-7-4-15(10-18(19)25)27-22-28-20(23)17-8-9-31(21(17)29-22)16-5-2-14(24)3-6-16/h2-7,10-12H,8-9H2,1H3,(H,27,28,29). The first kappa shape index (κ1) is 19.4. The molecule has 0 fully saturated rings. The molecular formula is C22H17ClF2N6. The van der Waals surface area contributed by atoms with Gasteiger partial charge >= 0.3 is 0 Å². The first-order valence-corrected chi connectivity index (χ1v) is 10.0. The van der Waals surface area contributed by atoms with Gasteiger partial charge in [-0.2, -0.15) is 4.98 Å². The van der Waals surface area contributed by atoms with Crippen LogP contribution in [-0.4, -0.2) is 26.1 Å². The number of aromatic nitrogens is 4. The summed E-state index contributed by atoms with van der Waals surface area (Å²) in [7, 11) is 0. The maximum absolute atomic E-state index is 14.7. The van der Waals surface area contributed by atoms with Gasteiger partial charge in [-0.05, 0) is 55.8 Å². The molecule has 0 aliphatic carbocycles. The highest BCUT2D eigenvalue weighted by atomic mass is 35.5. The number of halogens is 3. The van der Waals surface area contributed by atoms with E-state index in [0.29, 0.717) is 35.3 Å². The summed E-state index contributed by atoms with van der Waals surface area (Å²) in [5.74, 6) is 0.189. The van der Waals surface area contributed by atoms with Gasteiger partial charge in [0, 0.05) is 29.7 Å². The normalized spacial score (nSPS) is 12.8. The molecule has 0 saturated heterocycles. The Morgan fingerprint density at radius 2 is 1.87 bits per heavy atom. The maximum Gasteiger partial charge on any atom is 0.230 e. The predicted molar refractivity (Wildman–Crippen MR) is 116 cm³/mol. The molecule has 0 spiro atoms. The van der Waals surface area contributed by atoms with Crippen molar-refractivity contribution in [3.63, 3.8) is 0 Å². The van der Waals surface area contributed by atoms with Crippen LogP contribution in [0.2, 0.25) is 5.15 Å². The molecule has 4 aromatic rings. The smallest absolute Gasteiger partial charge is 0.230 e. The zero-order valence-electron chi connectivity index (χ0n) is 16.5. The minimum atomic E-state index is -0.414. The van der Waals surface area contributed by atoms with Crippen LogP contribution in [0.25, 0.3) is 5.69 Å². The fourth-order valence-corrected chi connectivity index (χ4v) is 3.88. The van der Waals surface area contributed by atoms with Crippen molar-refractivity contribution in [2.75, 3.05) is 16.8 Å². The van der Waals surface area contributed by atoms with Crippen LogP contribution in [0.15, 0.2) is 55.0 Å². The third-order valence-corrected chi connectivity index (χ3v) is 5.42. The van der Waals surface area contributed by atoms with Crippen LogP contribution < -0.4 is 10.2 Å². The van der Waals surface area contributed by atoms with E-state index < -0.39 is 5.82 Å². The van der Waals surface area contributed by atoms with Gasteiger partial charge in [-0.25, -0.2) is 18.7 Å². The van der Waals surface area contributed by atoms with Crippen LogP contribution in [0.4, 0.5) is 31.9 Å². The zero-order valence-corrected chi connectivity index (χ0v) is 17.2. The Balaban J connectivity index is 1.44. The average Bonchev–Trinajstić information content (AvgIpc) is 3.35. The molecule has 0 atom stereocenters. The van der Waals surface area contributed by atoms with Gasteiger partial charge in [-0.1, -0.05) is 11.6 Å². The van der Waals surface area contributed by atoms with Crippen LogP contribution in [0.5, 0.6) is 0 Å². The van der Waals surface area contributed by atoms with Gasteiger partial charge in [-0.15, -0.1) is 0 Å². The quantitative estimate of drug-likeness (QED) is 0.436. The highest BCUT2D eigenvalue weighted by Gasteiger charge is 2.26. The number of rotatable bonds is 4. The molecule has 156 valence electrons. The number of imidazole rings is 1. The largest absolute Gasteiger partial charge is 0.326 e. The Morgan fingerprint density at radius 3 is 2.58 bits per heavy atom. The molecule has 5 rings (SSSR count). The number of hydrogen-bond acceptors (Lipinski definition) is 5. The minimum absolute atomic E-state index is 0.253. The summed E-state index contributed by atoms with van der Waals surface area (Å²) in [4.78, 5) is 15.0. The molecule has 0 saturated carbocycles. The number of nitrogens with one attached hydrogen (secondary N) is 1. The van der Waals surface area contributed by atoms with Crippen molar-refractivity contribution in [2.24, 2.45) is 0 Å². The molecule has 0 unspecified atom stereocenters. The lowest BCUT2D eigenvalue weighted by Crippen LogP contribution is -2.15. The van der Waals surface area contributed by atoms with Crippen molar-refractivity contribution in [2.45, 2.75) is 13.3 Å². The summed E-state index contributed by atoms with van der Waals surface area (Å²) >= 11 is 6.40. The number of benzene rings is 2. The number of fused-ring (bicyclic) bond motifs is 1. The summed E-state index contributed by atoms with van der Waals surface area (Å²) in [5.41, 5.74) is 3.32. The first-order valence-electron chi connectivity index (χ1n) is 9.65. The van der Waals surface area contributed by atoms with E-state index >= 15 is 0 Å². The van der Waals surface area contributed by atoms with E-state index in [4.69, 9.17) is 11.6 Å². The van der Waals surface area contributed by atoms with Crippen LogP contribution in [0.3, 0.4) is 0 Å². The van der Waals surface area contributed by atoms with E-state index in [9.17, 15) is 8.78 Å². The fraction of sp³-hybridized carbons (Fsp3) is 0.136. The van der Waals surface area contributed by atoms with E-state index in [1.54, 1.807) is 41.4 Å². The summed E-state index contributed by atoms with van der Waals surface area (Å²) in [6.45, 7) is 2.50. The lowest BCUT2D eigenvalue weighted by molar-refractivity contribution is 0.618. The van der Waals surface area contributed by atoms with Crippen LogP contribution in [0, 0.1) is 18.6 Å². The number of hydrogen-bond donors (Lipinski definition) is 1. The van der Waals surface area contributed by atoms with Gasteiger partial charge in [0.05, 0.1) is 17.7 Å². The SMILES string of the molecule is Cc1cn(-c2ccc(Nc3nc(Cl)c4c(n3)N(c3ccc(F)cc3)CC4)cc2F)cn1. The van der Waals surface area contributed by atoms with Crippen molar-refractivity contribution in [1.82, 2.24) is 19.5 Å². The highest BCUT2D eigenvalue weighted by Crippen LogP contribution is 2.37. The zero-order chi connectivity index (χ0) is 21.5. The average molecular weight is 439 g/mol. The second-order valence-electron chi connectivity index (χ2n) is 7.23. The predicted octanol–water partition coefficient (Wildman–Crippen LogP) is 5.34.